The summed E-state index contributed by atoms with van der Waals surface area (Å²) in [6.45, 7) is 15.6. The first-order valence-corrected chi connectivity index (χ1v) is 12.2. The maximum absolute atomic E-state index is 12.5. The Labute approximate surface area is 198 Å². The van der Waals surface area contributed by atoms with E-state index >= 15 is 0 Å². The van der Waals surface area contributed by atoms with E-state index in [1.54, 1.807) is 6.08 Å². The average molecular weight is 447 g/mol. The number of hydrogen-bond donors (Lipinski definition) is 1. The van der Waals surface area contributed by atoms with Crippen molar-refractivity contribution in [2.45, 2.75) is 46.5 Å². The Morgan fingerprint density at radius 1 is 1.15 bits per heavy atom. The first-order chi connectivity index (χ1) is 16.0. The van der Waals surface area contributed by atoms with Crippen LogP contribution in [0.4, 0.5) is 11.5 Å². The summed E-state index contributed by atoms with van der Waals surface area (Å²) in [7, 11) is 0. The van der Waals surface area contributed by atoms with Gasteiger partial charge in [-0.3, -0.25) is 4.79 Å². The molecule has 1 aliphatic rings. The number of anilines is 2. The Morgan fingerprint density at radius 2 is 2.00 bits per heavy atom. The number of pyridine rings is 1. The number of fused-ring (bicyclic) bond motifs is 1. The van der Waals surface area contributed by atoms with Gasteiger partial charge < -0.3 is 15.1 Å². The molecule has 1 aliphatic heterocycles. The highest BCUT2D eigenvalue weighted by atomic mass is 16.1. The molecule has 0 radical (unpaired) electrons. The summed E-state index contributed by atoms with van der Waals surface area (Å²) in [4.78, 5) is 22.4. The molecule has 1 N–H and O–H groups in total. The van der Waals surface area contributed by atoms with Crippen LogP contribution in [0, 0.1) is 6.92 Å². The molecule has 0 bridgehead atoms. The summed E-state index contributed by atoms with van der Waals surface area (Å²) < 4.78 is 0. The molecule has 1 fully saturated rings. The number of aromatic nitrogens is 1. The molecule has 0 aliphatic carbocycles. The van der Waals surface area contributed by atoms with Gasteiger partial charge >= 0.3 is 0 Å². The second-order valence-corrected chi connectivity index (χ2v) is 8.64. The number of rotatable bonds is 9. The van der Waals surface area contributed by atoms with Crippen LogP contribution in [0.25, 0.3) is 10.9 Å². The van der Waals surface area contributed by atoms with E-state index in [1.807, 2.05) is 24.3 Å². The van der Waals surface area contributed by atoms with E-state index in [2.05, 4.69) is 60.7 Å². The van der Waals surface area contributed by atoms with Gasteiger partial charge in [0.15, 0.2) is 0 Å². The molecule has 1 amide bonds. The number of benzene rings is 1. The lowest BCUT2D eigenvalue weighted by Crippen LogP contribution is -2.31. The fourth-order valence-corrected chi connectivity index (χ4v) is 4.26. The third kappa shape index (κ3) is 7.03. The van der Waals surface area contributed by atoms with E-state index in [4.69, 9.17) is 4.98 Å². The van der Waals surface area contributed by atoms with Gasteiger partial charge in [-0.15, -0.1) is 0 Å². The fourth-order valence-electron chi connectivity index (χ4n) is 4.26. The first kappa shape index (κ1) is 24.7. The second kappa shape index (κ2) is 12.4. The zero-order chi connectivity index (χ0) is 23.6. The number of allylic oxidation sites excluding steroid dienone is 5. The Balaban J connectivity index is 1.68. The number of nitrogens with zero attached hydrogens (tertiary/aromatic N) is 3. The second-order valence-electron chi connectivity index (χ2n) is 8.64. The summed E-state index contributed by atoms with van der Waals surface area (Å²) in [6, 6.07) is 8.19. The van der Waals surface area contributed by atoms with Crippen LogP contribution >= 0.6 is 0 Å². The Kier molecular flexibility index (Phi) is 9.25. The molecule has 1 aromatic carbocycles. The molecule has 2 heterocycles. The van der Waals surface area contributed by atoms with Gasteiger partial charge in [0.1, 0.15) is 5.82 Å². The van der Waals surface area contributed by atoms with Crippen molar-refractivity contribution in [1.82, 2.24) is 9.88 Å². The fraction of sp³-hybridized carbons (Fsp3) is 0.429. The lowest BCUT2D eigenvalue weighted by molar-refractivity contribution is -0.116. The summed E-state index contributed by atoms with van der Waals surface area (Å²) in [6.07, 6.45) is 11.2. The Bertz CT molecular complexity index is 1020. The number of hydrogen-bond acceptors (Lipinski definition) is 4. The minimum atomic E-state index is 0.0153. The third-order valence-corrected chi connectivity index (χ3v) is 6.19. The van der Waals surface area contributed by atoms with Gasteiger partial charge in [-0.1, -0.05) is 44.7 Å². The molecule has 33 heavy (non-hydrogen) atoms. The van der Waals surface area contributed by atoms with Crippen LogP contribution in [-0.4, -0.2) is 48.5 Å². The van der Waals surface area contributed by atoms with E-state index in [0.29, 0.717) is 12.8 Å². The summed E-state index contributed by atoms with van der Waals surface area (Å²) in [5.74, 6) is 1.07. The Hall–Kier alpha value is -2.92. The predicted octanol–water partition coefficient (Wildman–Crippen LogP) is 5.87. The lowest BCUT2D eigenvalue weighted by atomic mass is 10.1. The number of carbonyl (C=O) groups is 1. The van der Waals surface area contributed by atoms with E-state index < -0.39 is 0 Å². The SMILES string of the molecule is C=C/C=C(\C=C/CC)CCC(=O)Nc1ccc2nc(N3CCCN(CC)CC3)cc(C)c2c1. The van der Waals surface area contributed by atoms with Crippen molar-refractivity contribution in [1.29, 1.82) is 0 Å². The molecule has 0 spiro atoms. The predicted molar refractivity (Wildman–Crippen MR) is 141 cm³/mol. The minimum absolute atomic E-state index is 0.0153. The average Bonchev–Trinajstić information content (AvgIpc) is 3.07. The van der Waals surface area contributed by atoms with Crippen molar-refractivity contribution >= 4 is 28.3 Å². The van der Waals surface area contributed by atoms with Crippen molar-refractivity contribution in [3.63, 3.8) is 0 Å². The number of likely N-dealkylation sites (N-methyl/N-ethyl adjacent to an activating group) is 1. The van der Waals surface area contributed by atoms with Crippen molar-refractivity contribution < 1.29 is 4.79 Å². The highest BCUT2D eigenvalue weighted by molar-refractivity contribution is 5.94. The van der Waals surface area contributed by atoms with E-state index in [9.17, 15) is 4.79 Å². The molecular weight excluding hydrogens is 408 g/mol. The summed E-state index contributed by atoms with van der Waals surface area (Å²) in [5, 5.41) is 4.14. The third-order valence-electron chi connectivity index (χ3n) is 6.19. The number of aryl methyl sites for hydroxylation is 1. The zero-order valence-electron chi connectivity index (χ0n) is 20.4. The van der Waals surface area contributed by atoms with Crippen molar-refractivity contribution in [3.05, 3.63) is 66.3 Å². The highest BCUT2D eigenvalue weighted by Gasteiger charge is 2.16. The molecule has 1 saturated heterocycles. The molecule has 5 nitrogen and oxygen atoms in total. The standard InChI is InChI=1S/C28H38N4O/c1-5-8-11-23(10-6-2)12-15-28(33)29-24-13-14-26-25(21-24)22(4)20-27(30-26)32-17-9-16-31(7-3)18-19-32/h6,8,10-11,13-14,20-21H,2,5,7,9,12,15-19H2,1,3-4H3,(H,29,33)/b11-8-,23-10+. The van der Waals surface area contributed by atoms with Crippen LogP contribution in [0.1, 0.15) is 45.1 Å². The molecular formula is C28H38N4O. The number of amides is 1. The Morgan fingerprint density at radius 3 is 2.76 bits per heavy atom. The van der Waals surface area contributed by atoms with Gasteiger partial charge in [-0.25, -0.2) is 4.98 Å². The van der Waals surface area contributed by atoms with Crippen molar-refractivity contribution in [2.24, 2.45) is 0 Å². The monoisotopic (exact) mass is 446 g/mol. The van der Waals surface area contributed by atoms with E-state index in [1.165, 1.54) is 5.56 Å². The summed E-state index contributed by atoms with van der Waals surface area (Å²) in [5.41, 5.74) is 4.09. The zero-order valence-corrected chi connectivity index (χ0v) is 20.4. The van der Waals surface area contributed by atoms with E-state index in [-0.39, 0.29) is 5.91 Å². The van der Waals surface area contributed by atoms with Crippen LogP contribution in [0.2, 0.25) is 0 Å². The normalized spacial score (nSPS) is 15.7. The molecule has 5 heteroatoms. The van der Waals surface area contributed by atoms with E-state index in [0.717, 1.165) is 73.5 Å². The quantitative estimate of drug-likeness (QED) is 0.489. The maximum atomic E-state index is 12.5. The minimum Gasteiger partial charge on any atom is -0.355 e. The smallest absolute Gasteiger partial charge is 0.224 e. The topological polar surface area (TPSA) is 48.5 Å². The molecule has 0 unspecified atom stereocenters. The maximum Gasteiger partial charge on any atom is 0.224 e. The van der Waals surface area contributed by atoms with Crippen LogP contribution in [0.5, 0.6) is 0 Å². The molecule has 0 saturated carbocycles. The van der Waals surface area contributed by atoms with Gasteiger partial charge in [0, 0.05) is 37.1 Å². The summed E-state index contributed by atoms with van der Waals surface area (Å²) >= 11 is 0. The first-order valence-electron chi connectivity index (χ1n) is 12.2. The molecule has 176 valence electrons. The van der Waals surface area contributed by atoms with Gasteiger partial charge in [-0.2, -0.15) is 0 Å². The molecule has 3 rings (SSSR count). The van der Waals surface area contributed by atoms with Crippen LogP contribution in [-0.2, 0) is 4.79 Å². The molecule has 1 aromatic heterocycles. The van der Waals surface area contributed by atoms with Crippen LogP contribution in [0.3, 0.4) is 0 Å². The largest absolute Gasteiger partial charge is 0.355 e. The number of carbonyl (C=O) groups excluding carboxylic acids is 1. The van der Waals surface area contributed by atoms with Gasteiger partial charge in [0.25, 0.3) is 0 Å². The van der Waals surface area contributed by atoms with Crippen molar-refractivity contribution in [3.8, 4) is 0 Å². The van der Waals surface area contributed by atoms with Crippen molar-refractivity contribution in [2.75, 3.05) is 42.9 Å². The lowest BCUT2D eigenvalue weighted by Gasteiger charge is -2.23. The van der Waals surface area contributed by atoms with Gasteiger partial charge in [0.05, 0.1) is 5.52 Å². The number of nitrogens with one attached hydrogen (secondary N) is 1. The van der Waals surface area contributed by atoms with Gasteiger partial charge in [-0.05, 0) is 74.7 Å². The molecule has 2 aromatic rings. The highest BCUT2D eigenvalue weighted by Crippen LogP contribution is 2.26. The molecule has 0 atom stereocenters. The van der Waals surface area contributed by atoms with Gasteiger partial charge in [0.2, 0.25) is 5.91 Å². The van der Waals surface area contributed by atoms with Crippen LogP contribution in [0.15, 0.2) is 60.7 Å². The van der Waals surface area contributed by atoms with Crippen LogP contribution < -0.4 is 10.2 Å².